The minimum Gasteiger partial charge on any atom is -0.478 e. The number of halogens is 4. The van der Waals surface area contributed by atoms with Crippen molar-refractivity contribution in [3.63, 3.8) is 0 Å². The molecule has 0 bridgehead atoms. The zero-order valence-electron chi connectivity index (χ0n) is 14.6. The molecule has 0 radical (unpaired) electrons. The second-order valence-corrected chi connectivity index (χ2v) is 7.38. The molecule has 0 aliphatic heterocycles. The summed E-state index contributed by atoms with van der Waals surface area (Å²) in [7, 11) is 0. The number of non-ortho nitro benzene ring substituents is 1. The van der Waals surface area contributed by atoms with Crippen LogP contribution >= 0.6 is 46.4 Å². The molecule has 2 aromatic carbocycles. The molecule has 2 rings (SSSR count). The molecule has 30 heavy (non-hydrogen) atoms. The van der Waals surface area contributed by atoms with Crippen LogP contribution in [0.15, 0.2) is 24.3 Å². The third kappa shape index (κ3) is 4.77. The van der Waals surface area contributed by atoms with Crippen LogP contribution < -0.4 is 5.32 Å². The number of carbonyl (C=O) groups excluding carboxylic acids is 1. The number of aromatic carboxylic acids is 1. The van der Waals surface area contributed by atoms with E-state index in [9.17, 15) is 35.0 Å². The third-order valence-electron chi connectivity index (χ3n) is 4.05. The lowest BCUT2D eigenvalue weighted by atomic mass is 10.0. The number of nitrogens with one attached hydrogen (secondary N) is 1. The number of rotatable bonds is 7. The SMILES string of the molecule is O=C(O)c1c(Cl)c(Cl)c(Cl)c(Cl)c1C(=O)N[C@@H](CO)[C@@H](O)c1ccc([N+](=O)[O-])cc1. The van der Waals surface area contributed by atoms with E-state index in [4.69, 9.17) is 46.4 Å². The maximum atomic E-state index is 12.7. The molecule has 2 atom stereocenters. The number of nitrogens with zero attached hydrogens (tertiary/aromatic N) is 1. The van der Waals surface area contributed by atoms with Crippen molar-refractivity contribution in [1.29, 1.82) is 0 Å². The number of aliphatic hydroxyl groups excluding tert-OH is 2. The molecule has 0 saturated heterocycles. The van der Waals surface area contributed by atoms with Gasteiger partial charge in [0.15, 0.2) is 0 Å². The van der Waals surface area contributed by atoms with Crippen LogP contribution in [0.25, 0.3) is 0 Å². The van der Waals surface area contributed by atoms with E-state index >= 15 is 0 Å². The van der Waals surface area contributed by atoms with E-state index in [-0.39, 0.29) is 21.3 Å². The van der Waals surface area contributed by atoms with Gasteiger partial charge in [0.1, 0.15) is 6.10 Å². The molecule has 160 valence electrons. The van der Waals surface area contributed by atoms with Gasteiger partial charge in [-0.15, -0.1) is 0 Å². The van der Waals surface area contributed by atoms with Gasteiger partial charge < -0.3 is 20.6 Å². The Balaban J connectivity index is 2.40. The van der Waals surface area contributed by atoms with Crippen LogP contribution in [0.3, 0.4) is 0 Å². The molecule has 0 aromatic heterocycles. The number of carboxylic acids is 1. The minimum absolute atomic E-state index is 0.150. The maximum absolute atomic E-state index is 12.7. The zero-order valence-corrected chi connectivity index (χ0v) is 17.6. The minimum atomic E-state index is -1.61. The second kappa shape index (κ2) is 9.78. The molecule has 0 heterocycles. The Morgan fingerprint density at radius 3 is 1.93 bits per heavy atom. The summed E-state index contributed by atoms with van der Waals surface area (Å²) in [5, 5.41) is 40.7. The van der Waals surface area contributed by atoms with E-state index in [1.165, 1.54) is 12.1 Å². The quantitative estimate of drug-likeness (QED) is 0.197. The predicted molar refractivity (Wildman–Crippen MR) is 110 cm³/mol. The van der Waals surface area contributed by atoms with Gasteiger partial charge in [0.2, 0.25) is 0 Å². The maximum Gasteiger partial charge on any atom is 0.338 e. The Morgan fingerprint density at radius 2 is 1.50 bits per heavy atom. The van der Waals surface area contributed by atoms with Crippen LogP contribution in [-0.2, 0) is 0 Å². The largest absolute Gasteiger partial charge is 0.478 e. The van der Waals surface area contributed by atoms with Gasteiger partial charge in [0.05, 0.1) is 48.8 Å². The fourth-order valence-corrected chi connectivity index (χ4v) is 3.56. The number of hydrogen-bond donors (Lipinski definition) is 4. The summed E-state index contributed by atoms with van der Waals surface area (Å²) in [4.78, 5) is 34.4. The molecular weight excluding hydrogens is 486 g/mol. The first-order chi connectivity index (χ1) is 14.0. The lowest BCUT2D eigenvalue weighted by molar-refractivity contribution is -0.384. The van der Waals surface area contributed by atoms with E-state index in [2.05, 4.69) is 5.32 Å². The Hall–Kier alpha value is -2.14. The summed E-state index contributed by atoms with van der Waals surface area (Å²) in [5.41, 5.74) is -1.40. The van der Waals surface area contributed by atoms with E-state index in [0.717, 1.165) is 12.1 Å². The number of aliphatic hydroxyl groups is 2. The molecule has 0 spiro atoms. The number of amides is 1. The van der Waals surface area contributed by atoms with Gasteiger partial charge in [-0.3, -0.25) is 14.9 Å². The van der Waals surface area contributed by atoms with Gasteiger partial charge in [-0.25, -0.2) is 4.79 Å². The molecule has 0 aliphatic rings. The lowest BCUT2D eigenvalue weighted by Crippen LogP contribution is -2.42. The monoisotopic (exact) mass is 496 g/mol. The van der Waals surface area contributed by atoms with Crippen molar-refractivity contribution >= 4 is 64.0 Å². The first-order valence-corrected chi connectivity index (χ1v) is 9.45. The Bertz CT molecular complexity index is 1010. The molecule has 0 fully saturated rings. The highest BCUT2D eigenvalue weighted by atomic mass is 35.5. The zero-order chi connectivity index (χ0) is 22.7. The normalized spacial score (nSPS) is 12.9. The first-order valence-electron chi connectivity index (χ1n) is 7.94. The number of carbonyl (C=O) groups is 2. The lowest BCUT2D eigenvalue weighted by Gasteiger charge is -2.23. The third-order valence-corrected chi connectivity index (χ3v) is 5.85. The van der Waals surface area contributed by atoms with Crippen LogP contribution in [0.4, 0.5) is 5.69 Å². The topological polar surface area (TPSA) is 150 Å². The highest BCUT2D eigenvalue weighted by molar-refractivity contribution is 6.54. The van der Waals surface area contributed by atoms with Crippen molar-refractivity contribution < 1.29 is 29.8 Å². The molecular formula is C17H12Cl4N2O7. The predicted octanol–water partition coefficient (Wildman–Crippen LogP) is 3.73. The number of hydrogen-bond acceptors (Lipinski definition) is 6. The Morgan fingerprint density at radius 1 is 1.00 bits per heavy atom. The highest BCUT2D eigenvalue weighted by Crippen LogP contribution is 2.41. The van der Waals surface area contributed by atoms with Crippen LogP contribution in [0.5, 0.6) is 0 Å². The van der Waals surface area contributed by atoms with E-state index in [0.29, 0.717) is 0 Å². The van der Waals surface area contributed by atoms with Crippen molar-refractivity contribution in [3.05, 3.63) is 71.2 Å². The van der Waals surface area contributed by atoms with Crippen molar-refractivity contribution in [3.8, 4) is 0 Å². The molecule has 2 aromatic rings. The highest BCUT2D eigenvalue weighted by Gasteiger charge is 2.31. The van der Waals surface area contributed by atoms with Crippen LogP contribution in [0, 0.1) is 10.1 Å². The summed E-state index contributed by atoms with van der Waals surface area (Å²) < 4.78 is 0. The molecule has 1 amide bonds. The summed E-state index contributed by atoms with van der Waals surface area (Å²) in [5.74, 6) is -2.71. The summed E-state index contributed by atoms with van der Waals surface area (Å²) in [6.07, 6.45) is -1.50. The smallest absolute Gasteiger partial charge is 0.338 e. The molecule has 13 heteroatoms. The van der Waals surface area contributed by atoms with Crippen molar-refractivity contribution in [2.45, 2.75) is 12.1 Å². The van der Waals surface area contributed by atoms with Gasteiger partial charge >= 0.3 is 5.97 Å². The summed E-state index contributed by atoms with van der Waals surface area (Å²) in [6.45, 7) is -0.765. The molecule has 9 nitrogen and oxygen atoms in total. The summed E-state index contributed by atoms with van der Waals surface area (Å²) in [6, 6.07) is 3.41. The van der Waals surface area contributed by atoms with Crippen LogP contribution in [-0.4, -0.2) is 44.8 Å². The number of nitro groups is 1. The van der Waals surface area contributed by atoms with Gasteiger partial charge in [0, 0.05) is 12.1 Å². The second-order valence-electron chi connectivity index (χ2n) is 5.87. The van der Waals surface area contributed by atoms with Crippen molar-refractivity contribution in [1.82, 2.24) is 5.32 Å². The molecule has 0 aliphatic carbocycles. The average Bonchev–Trinajstić information content (AvgIpc) is 2.71. The molecule has 4 N–H and O–H groups in total. The van der Waals surface area contributed by atoms with E-state index in [1.807, 2.05) is 0 Å². The molecule has 0 unspecified atom stereocenters. The fourth-order valence-electron chi connectivity index (χ4n) is 2.54. The Labute approximate surface area is 188 Å². The average molecular weight is 498 g/mol. The van der Waals surface area contributed by atoms with E-state index < -0.39 is 56.7 Å². The number of benzene rings is 2. The van der Waals surface area contributed by atoms with Crippen molar-refractivity contribution in [2.75, 3.05) is 6.61 Å². The van der Waals surface area contributed by atoms with E-state index in [1.54, 1.807) is 0 Å². The van der Waals surface area contributed by atoms with Gasteiger partial charge in [0.25, 0.3) is 11.6 Å². The van der Waals surface area contributed by atoms with Crippen LogP contribution in [0.1, 0.15) is 32.4 Å². The number of nitro benzene ring substituents is 1. The first kappa shape index (κ1) is 24.1. The van der Waals surface area contributed by atoms with Gasteiger partial charge in [-0.2, -0.15) is 0 Å². The number of carboxylic acid groups (broad SMARTS) is 1. The standard InChI is InChI=1S/C17H12Cl4N2O7/c18-11-9(10(17(27)28)12(19)14(21)13(11)20)16(26)22-8(5-24)15(25)6-1-3-7(4-2-6)23(29)30/h1-4,8,15,24-25H,5H2,(H,22,26)(H,27,28)/t8-,15-/m0/s1. The fraction of sp³-hybridized carbons (Fsp3) is 0.176. The van der Waals surface area contributed by atoms with Gasteiger partial charge in [-0.05, 0) is 17.7 Å². The van der Waals surface area contributed by atoms with Gasteiger partial charge in [-0.1, -0.05) is 46.4 Å². The Kier molecular flexibility index (Phi) is 7.87. The molecule has 0 saturated carbocycles. The van der Waals surface area contributed by atoms with Crippen molar-refractivity contribution in [2.24, 2.45) is 0 Å². The van der Waals surface area contributed by atoms with Crippen LogP contribution in [0.2, 0.25) is 20.1 Å². The summed E-state index contributed by atoms with van der Waals surface area (Å²) >= 11 is 23.6.